The van der Waals surface area contributed by atoms with Gasteiger partial charge in [-0.15, -0.1) is 18.3 Å². The molecule has 10 heteroatoms. The van der Waals surface area contributed by atoms with Crippen molar-refractivity contribution >= 4 is 10.9 Å². The number of aryl methyl sites for hydroxylation is 1. The molecule has 0 saturated heterocycles. The van der Waals surface area contributed by atoms with E-state index in [-0.39, 0.29) is 17.9 Å². The smallest absolute Gasteiger partial charge is 0.406 e. The lowest BCUT2D eigenvalue weighted by atomic mass is 10.0. The first-order valence-corrected chi connectivity index (χ1v) is 8.44. The second-order valence-electron chi connectivity index (χ2n) is 6.29. The second-order valence-corrected chi connectivity index (χ2v) is 6.29. The number of fused-ring (bicyclic) bond motifs is 1. The van der Waals surface area contributed by atoms with Crippen molar-refractivity contribution in [3.8, 4) is 16.9 Å². The molecule has 0 amide bonds. The highest BCUT2D eigenvalue weighted by molar-refractivity contribution is 5.83. The summed E-state index contributed by atoms with van der Waals surface area (Å²) < 4.78 is 47.0. The molecule has 2 heterocycles. The molecule has 148 valence electrons. The molecule has 0 radical (unpaired) electrons. The van der Waals surface area contributed by atoms with Crippen LogP contribution in [0.1, 0.15) is 11.5 Å². The SMILES string of the molecule is Cc1cc(Cn2nnc3ccc(-c4ccc(OC(F)(F)F)cc4)cc3c2=O)on1. The van der Waals surface area contributed by atoms with E-state index in [1.54, 1.807) is 31.2 Å². The van der Waals surface area contributed by atoms with Crippen molar-refractivity contribution in [2.75, 3.05) is 0 Å². The first-order valence-electron chi connectivity index (χ1n) is 8.44. The molecule has 4 rings (SSSR count). The predicted molar refractivity (Wildman–Crippen MR) is 96.3 cm³/mol. The Balaban J connectivity index is 1.67. The van der Waals surface area contributed by atoms with Gasteiger partial charge in [-0.1, -0.05) is 28.6 Å². The molecule has 0 bridgehead atoms. The van der Waals surface area contributed by atoms with Crippen LogP contribution in [0.3, 0.4) is 0 Å². The number of hydrogen-bond donors (Lipinski definition) is 0. The van der Waals surface area contributed by atoms with Gasteiger partial charge in [-0.3, -0.25) is 4.79 Å². The summed E-state index contributed by atoms with van der Waals surface area (Å²) in [6, 6.07) is 12.0. The van der Waals surface area contributed by atoms with Crippen LogP contribution in [0.15, 0.2) is 57.8 Å². The van der Waals surface area contributed by atoms with Gasteiger partial charge in [-0.25, -0.2) is 4.68 Å². The third-order valence-electron chi connectivity index (χ3n) is 4.13. The molecule has 0 atom stereocenters. The zero-order chi connectivity index (χ0) is 20.6. The summed E-state index contributed by atoms with van der Waals surface area (Å²) in [5, 5.41) is 12.0. The van der Waals surface area contributed by atoms with Crippen molar-refractivity contribution in [2.24, 2.45) is 0 Å². The molecule has 0 aliphatic carbocycles. The Morgan fingerprint density at radius 2 is 1.79 bits per heavy atom. The molecule has 0 saturated carbocycles. The summed E-state index contributed by atoms with van der Waals surface area (Å²) in [4.78, 5) is 12.8. The van der Waals surface area contributed by atoms with Crippen molar-refractivity contribution in [1.82, 2.24) is 20.2 Å². The molecule has 29 heavy (non-hydrogen) atoms. The maximum Gasteiger partial charge on any atom is 0.573 e. The number of ether oxygens (including phenoxy) is 1. The van der Waals surface area contributed by atoms with Gasteiger partial charge in [0.25, 0.3) is 5.56 Å². The van der Waals surface area contributed by atoms with Gasteiger partial charge < -0.3 is 9.26 Å². The highest BCUT2D eigenvalue weighted by atomic mass is 19.4. The zero-order valence-electron chi connectivity index (χ0n) is 15.0. The molecular formula is C19H13F3N4O3. The summed E-state index contributed by atoms with van der Waals surface area (Å²) in [6.45, 7) is 1.84. The van der Waals surface area contributed by atoms with Gasteiger partial charge in [0.05, 0.1) is 11.1 Å². The van der Waals surface area contributed by atoms with Crippen LogP contribution >= 0.6 is 0 Å². The van der Waals surface area contributed by atoms with Crippen LogP contribution in [0, 0.1) is 6.92 Å². The van der Waals surface area contributed by atoms with Crippen LogP contribution in [0.5, 0.6) is 5.75 Å². The van der Waals surface area contributed by atoms with Crippen LogP contribution in [0.2, 0.25) is 0 Å². The number of halogens is 3. The van der Waals surface area contributed by atoms with Crippen LogP contribution in [-0.2, 0) is 6.54 Å². The van der Waals surface area contributed by atoms with E-state index in [0.717, 1.165) is 4.68 Å². The average Bonchev–Trinajstić information content (AvgIpc) is 3.08. The van der Waals surface area contributed by atoms with Crippen LogP contribution in [0.4, 0.5) is 13.2 Å². The third-order valence-corrected chi connectivity index (χ3v) is 4.13. The Kier molecular flexibility index (Phi) is 4.53. The quantitative estimate of drug-likeness (QED) is 0.518. The maximum atomic E-state index is 12.8. The number of hydrogen-bond acceptors (Lipinski definition) is 6. The first-order chi connectivity index (χ1) is 13.8. The van der Waals surface area contributed by atoms with E-state index in [9.17, 15) is 18.0 Å². The van der Waals surface area contributed by atoms with Crippen LogP contribution in [0.25, 0.3) is 22.0 Å². The Morgan fingerprint density at radius 3 is 2.45 bits per heavy atom. The maximum absolute atomic E-state index is 12.8. The summed E-state index contributed by atoms with van der Waals surface area (Å²) in [5.74, 6) is 0.146. The summed E-state index contributed by atoms with van der Waals surface area (Å²) >= 11 is 0. The normalized spacial score (nSPS) is 11.7. The number of rotatable bonds is 4. The van der Waals surface area contributed by atoms with E-state index in [2.05, 4.69) is 20.2 Å². The van der Waals surface area contributed by atoms with Crippen molar-refractivity contribution < 1.29 is 22.4 Å². The van der Waals surface area contributed by atoms with Gasteiger partial charge in [0.2, 0.25) is 0 Å². The molecule has 0 aliphatic heterocycles. The molecular weight excluding hydrogens is 389 g/mol. The molecule has 2 aromatic carbocycles. The van der Waals surface area contributed by atoms with E-state index < -0.39 is 6.36 Å². The lowest BCUT2D eigenvalue weighted by Gasteiger charge is -2.09. The fourth-order valence-corrected chi connectivity index (χ4v) is 2.85. The van der Waals surface area contributed by atoms with Crippen LogP contribution < -0.4 is 10.3 Å². The number of nitrogens with zero attached hydrogens (tertiary/aromatic N) is 4. The molecule has 0 unspecified atom stereocenters. The van der Waals surface area contributed by atoms with Crippen LogP contribution in [-0.4, -0.2) is 26.5 Å². The minimum Gasteiger partial charge on any atom is -0.406 e. The lowest BCUT2D eigenvalue weighted by molar-refractivity contribution is -0.274. The topological polar surface area (TPSA) is 83.0 Å². The average molecular weight is 402 g/mol. The van der Waals surface area contributed by atoms with Gasteiger partial charge in [-0.05, 0) is 42.3 Å². The standard InChI is InChI=1S/C19H13F3N4O3/c1-11-8-15(29-24-11)10-26-18(27)16-9-13(4-7-17(16)23-25-26)12-2-5-14(6-3-12)28-19(20,21)22/h2-9H,10H2,1H3. The van der Waals surface area contributed by atoms with Crippen molar-refractivity contribution in [3.05, 3.63) is 70.3 Å². The van der Waals surface area contributed by atoms with E-state index in [4.69, 9.17) is 4.52 Å². The number of benzene rings is 2. The van der Waals surface area contributed by atoms with E-state index in [1.165, 1.54) is 24.3 Å². The lowest BCUT2D eigenvalue weighted by Crippen LogP contribution is -2.24. The molecule has 7 nitrogen and oxygen atoms in total. The third kappa shape index (κ3) is 4.10. The summed E-state index contributed by atoms with van der Waals surface area (Å²) in [5.41, 5.74) is 1.98. The molecule has 0 spiro atoms. The van der Waals surface area contributed by atoms with Gasteiger partial charge in [0.1, 0.15) is 17.8 Å². The van der Waals surface area contributed by atoms with Gasteiger partial charge in [-0.2, -0.15) is 0 Å². The Bertz CT molecular complexity index is 1230. The molecule has 4 aromatic rings. The fourth-order valence-electron chi connectivity index (χ4n) is 2.85. The largest absolute Gasteiger partial charge is 0.573 e. The highest BCUT2D eigenvalue weighted by Crippen LogP contribution is 2.27. The number of aromatic nitrogens is 4. The second kappa shape index (κ2) is 7.04. The molecule has 0 fully saturated rings. The highest BCUT2D eigenvalue weighted by Gasteiger charge is 2.30. The fraction of sp³-hybridized carbons (Fsp3) is 0.158. The predicted octanol–water partition coefficient (Wildman–Crippen LogP) is 3.70. The summed E-state index contributed by atoms with van der Waals surface area (Å²) in [7, 11) is 0. The Labute approximate surface area is 161 Å². The Morgan fingerprint density at radius 1 is 1.07 bits per heavy atom. The Hall–Kier alpha value is -3.69. The minimum absolute atomic E-state index is 0.0797. The van der Waals surface area contributed by atoms with E-state index in [0.29, 0.717) is 33.5 Å². The summed E-state index contributed by atoms with van der Waals surface area (Å²) in [6.07, 6.45) is -4.75. The van der Waals surface area contributed by atoms with E-state index >= 15 is 0 Å². The van der Waals surface area contributed by atoms with Gasteiger partial charge in [0.15, 0.2) is 5.76 Å². The van der Waals surface area contributed by atoms with Crippen molar-refractivity contribution in [1.29, 1.82) is 0 Å². The van der Waals surface area contributed by atoms with Gasteiger partial charge in [0, 0.05) is 6.07 Å². The molecule has 0 N–H and O–H groups in total. The monoisotopic (exact) mass is 402 g/mol. The van der Waals surface area contributed by atoms with Crippen molar-refractivity contribution in [2.45, 2.75) is 19.8 Å². The van der Waals surface area contributed by atoms with E-state index in [1.807, 2.05) is 0 Å². The van der Waals surface area contributed by atoms with Gasteiger partial charge >= 0.3 is 6.36 Å². The minimum atomic E-state index is -4.75. The first kappa shape index (κ1) is 18.7. The van der Waals surface area contributed by atoms with Crippen molar-refractivity contribution in [3.63, 3.8) is 0 Å². The number of alkyl halides is 3. The molecule has 2 aromatic heterocycles. The molecule has 0 aliphatic rings. The zero-order valence-corrected chi connectivity index (χ0v) is 15.0.